The van der Waals surface area contributed by atoms with E-state index in [1.165, 1.54) is 11.8 Å². The molecule has 2 amide bonds. The Morgan fingerprint density at radius 3 is 2.32 bits per heavy atom. The summed E-state index contributed by atoms with van der Waals surface area (Å²) in [5.41, 5.74) is 2.87. The number of rotatable bonds is 6. The van der Waals surface area contributed by atoms with Crippen LogP contribution in [0.3, 0.4) is 0 Å². The van der Waals surface area contributed by atoms with Gasteiger partial charge >= 0.3 is 0 Å². The Morgan fingerprint density at radius 2 is 1.64 bits per heavy atom. The lowest BCUT2D eigenvalue weighted by Crippen LogP contribution is -2.15. The molecule has 2 N–H and O–H groups in total. The topological polar surface area (TPSA) is 58.2 Å². The second-order valence-corrected chi connectivity index (χ2v) is 7.63. The van der Waals surface area contributed by atoms with Crippen molar-refractivity contribution < 1.29 is 9.59 Å². The van der Waals surface area contributed by atoms with Crippen molar-refractivity contribution in [2.45, 2.75) is 11.8 Å². The molecule has 0 unspecified atom stereocenters. The molecule has 0 aliphatic rings. The number of carbonyl (C=O) groups is 2. The molecule has 0 aliphatic heterocycles. The Morgan fingerprint density at radius 1 is 0.929 bits per heavy atom. The Balaban J connectivity index is 1.56. The van der Waals surface area contributed by atoms with Crippen LogP contribution in [-0.4, -0.2) is 17.6 Å². The highest BCUT2D eigenvalue weighted by atomic mass is 35.5. The van der Waals surface area contributed by atoms with E-state index >= 15 is 0 Å². The van der Waals surface area contributed by atoms with Crippen molar-refractivity contribution in [2.24, 2.45) is 0 Å². The number of aryl methyl sites for hydroxylation is 1. The molecule has 0 spiro atoms. The van der Waals surface area contributed by atoms with Crippen molar-refractivity contribution in [3.05, 3.63) is 88.9 Å². The van der Waals surface area contributed by atoms with Crippen LogP contribution < -0.4 is 10.6 Å². The quantitative estimate of drug-likeness (QED) is 0.517. The first-order chi connectivity index (χ1) is 13.5. The van der Waals surface area contributed by atoms with Crippen LogP contribution in [0.25, 0.3) is 0 Å². The van der Waals surface area contributed by atoms with Crippen LogP contribution in [0.1, 0.15) is 15.9 Å². The Hall–Kier alpha value is -2.76. The van der Waals surface area contributed by atoms with Gasteiger partial charge in [0, 0.05) is 26.9 Å². The third-order valence-corrected chi connectivity index (χ3v) is 5.24. The monoisotopic (exact) mass is 410 g/mol. The molecule has 3 aromatic rings. The molecule has 0 aliphatic carbocycles. The van der Waals surface area contributed by atoms with Crippen LogP contribution in [0.15, 0.2) is 77.7 Å². The van der Waals surface area contributed by atoms with Crippen molar-refractivity contribution >= 4 is 46.6 Å². The third-order valence-electron chi connectivity index (χ3n) is 3.98. The van der Waals surface area contributed by atoms with E-state index in [-0.39, 0.29) is 11.8 Å². The van der Waals surface area contributed by atoms with Gasteiger partial charge in [0.15, 0.2) is 0 Å². The van der Waals surface area contributed by atoms with Gasteiger partial charge in [0.1, 0.15) is 0 Å². The summed E-state index contributed by atoms with van der Waals surface area (Å²) in [5, 5.41) is 6.44. The van der Waals surface area contributed by atoms with Gasteiger partial charge in [-0.25, -0.2) is 0 Å². The molecule has 3 aromatic carbocycles. The first kappa shape index (κ1) is 20.0. The Kier molecular flexibility index (Phi) is 6.74. The first-order valence-corrected chi connectivity index (χ1v) is 10.0. The predicted octanol–water partition coefficient (Wildman–Crippen LogP) is 5.63. The SMILES string of the molecule is Cc1cc(NC(=O)CSc2ccc(Cl)cc2)ccc1NC(=O)c1ccccc1. The first-order valence-electron chi connectivity index (χ1n) is 8.66. The minimum Gasteiger partial charge on any atom is -0.325 e. The van der Waals surface area contributed by atoms with Gasteiger partial charge in [0.25, 0.3) is 5.91 Å². The zero-order valence-electron chi connectivity index (χ0n) is 15.2. The molecular formula is C22H19ClN2O2S. The van der Waals surface area contributed by atoms with E-state index in [4.69, 9.17) is 11.6 Å². The maximum atomic E-state index is 12.3. The van der Waals surface area contributed by atoms with Crippen molar-refractivity contribution in [2.75, 3.05) is 16.4 Å². The highest BCUT2D eigenvalue weighted by Gasteiger charge is 2.09. The maximum Gasteiger partial charge on any atom is 0.255 e. The molecule has 0 saturated carbocycles. The summed E-state index contributed by atoms with van der Waals surface area (Å²) in [7, 11) is 0. The summed E-state index contributed by atoms with van der Waals surface area (Å²) >= 11 is 7.30. The van der Waals surface area contributed by atoms with Crippen LogP contribution in [-0.2, 0) is 4.79 Å². The predicted molar refractivity (Wildman–Crippen MR) is 116 cm³/mol. The molecule has 0 fully saturated rings. The minimum absolute atomic E-state index is 0.0968. The number of nitrogens with one attached hydrogen (secondary N) is 2. The average Bonchev–Trinajstić information content (AvgIpc) is 2.70. The number of anilines is 2. The largest absolute Gasteiger partial charge is 0.325 e. The van der Waals surface area contributed by atoms with E-state index in [1.54, 1.807) is 36.4 Å². The van der Waals surface area contributed by atoms with Crippen LogP contribution in [0.5, 0.6) is 0 Å². The van der Waals surface area contributed by atoms with E-state index in [9.17, 15) is 9.59 Å². The van der Waals surface area contributed by atoms with Gasteiger partial charge < -0.3 is 10.6 Å². The van der Waals surface area contributed by atoms with E-state index in [1.807, 2.05) is 43.3 Å². The Labute approximate surface area is 173 Å². The molecule has 0 aromatic heterocycles. The Bertz CT molecular complexity index is 976. The molecule has 0 radical (unpaired) electrons. The fourth-order valence-corrected chi connectivity index (χ4v) is 3.37. The second kappa shape index (κ2) is 9.44. The lowest BCUT2D eigenvalue weighted by molar-refractivity contribution is -0.113. The summed E-state index contributed by atoms with van der Waals surface area (Å²) in [6.07, 6.45) is 0. The molecule has 0 atom stereocenters. The second-order valence-electron chi connectivity index (χ2n) is 6.14. The van der Waals surface area contributed by atoms with Gasteiger partial charge in [-0.05, 0) is 67.1 Å². The standard InChI is InChI=1S/C22H19ClN2O2S/c1-15-13-18(24-21(26)14-28-19-10-7-17(23)8-11-19)9-12-20(15)25-22(27)16-5-3-2-4-6-16/h2-13H,14H2,1H3,(H,24,26)(H,25,27). The fraction of sp³-hybridized carbons (Fsp3) is 0.0909. The summed E-state index contributed by atoms with van der Waals surface area (Å²) in [6.45, 7) is 1.89. The molecule has 3 rings (SSSR count). The lowest BCUT2D eigenvalue weighted by Gasteiger charge is -2.11. The third kappa shape index (κ3) is 5.62. The number of hydrogen-bond donors (Lipinski definition) is 2. The van der Waals surface area contributed by atoms with Gasteiger partial charge in [-0.3, -0.25) is 9.59 Å². The van der Waals surface area contributed by atoms with Crippen molar-refractivity contribution in [1.29, 1.82) is 0 Å². The summed E-state index contributed by atoms with van der Waals surface area (Å²) < 4.78 is 0. The summed E-state index contributed by atoms with van der Waals surface area (Å²) in [4.78, 5) is 25.4. The molecule has 0 saturated heterocycles. The van der Waals surface area contributed by atoms with Gasteiger partial charge in [0.05, 0.1) is 5.75 Å². The number of amides is 2. The van der Waals surface area contributed by atoms with E-state index in [0.717, 1.165) is 10.5 Å². The van der Waals surface area contributed by atoms with Crippen molar-refractivity contribution in [3.8, 4) is 0 Å². The van der Waals surface area contributed by atoms with E-state index < -0.39 is 0 Å². The smallest absolute Gasteiger partial charge is 0.255 e. The maximum absolute atomic E-state index is 12.3. The fourth-order valence-electron chi connectivity index (χ4n) is 2.54. The van der Waals surface area contributed by atoms with Gasteiger partial charge in [-0.2, -0.15) is 0 Å². The van der Waals surface area contributed by atoms with Gasteiger partial charge in [0.2, 0.25) is 5.91 Å². The zero-order valence-corrected chi connectivity index (χ0v) is 16.8. The van der Waals surface area contributed by atoms with Crippen molar-refractivity contribution in [3.63, 3.8) is 0 Å². The summed E-state index contributed by atoms with van der Waals surface area (Å²) in [6, 6.07) is 21.8. The number of thioether (sulfide) groups is 1. The minimum atomic E-state index is -0.167. The van der Waals surface area contributed by atoms with Crippen LogP contribution in [0.2, 0.25) is 5.02 Å². The molecule has 4 nitrogen and oxygen atoms in total. The lowest BCUT2D eigenvalue weighted by atomic mass is 10.1. The average molecular weight is 411 g/mol. The molecular weight excluding hydrogens is 392 g/mol. The highest BCUT2D eigenvalue weighted by molar-refractivity contribution is 8.00. The van der Waals surface area contributed by atoms with E-state index in [0.29, 0.717) is 27.7 Å². The van der Waals surface area contributed by atoms with Crippen LogP contribution in [0, 0.1) is 6.92 Å². The number of halogens is 1. The molecule has 6 heteroatoms. The highest BCUT2D eigenvalue weighted by Crippen LogP contribution is 2.23. The molecule has 28 heavy (non-hydrogen) atoms. The molecule has 142 valence electrons. The van der Waals surface area contributed by atoms with Gasteiger partial charge in [-0.1, -0.05) is 29.8 Å². The van der Waals surface area contributed by atoms with Crippen LogP contribution >= 0.6 is 23.4 Å². The van der Waals surface area contributed by atoms with E-state index in [2.05, 4.69) is 10.6 Å². The van der Waals surface area contributed by atoms with Crippen LogP contribution in [0.4, 0.5) is 11.4 Å². The normalized spacial score (nSPS) is 10.4. The number of carbonyl (C=O) groups excluding carboxylic acids is 2. The summed E-state index contributed by atoms with van der Waals surface area (Å²) in [5.74, 6) is 0.0351. The van der Waals surface area contributed by atoms with Gasteiger partial charge in [-0.15, -0.1) is 11.8 Å². The molecule has 0 bridgehead atoms. The number of benzene rings is 3. The zero-order chi connectivity index (χ0) is 19.9. The van der Waals surface area contributed by atoms with Crippen molar-refractivity contribution in [1.82, 2.24) is 0 Å². The number of hydrogen-bond acceptors (Lipinski definition) is 3. The molecule has 0 heterocycles.